The Labute approximate surface area is 150 Å². The monoisotopic (exact) mass is 352 g/mol. The van der Waals surface area contributed by atoms with Crippen LogP contribution in [0.4, 0.5) is 4.39 Å². The molecule has 1 N–H and O–H groups in total. The Hall–Kier alpha value is -3.15. The van der Waals surface area contributed by atoms with Gasteiger partial charge in [0, 0.05) is 25.2 Å². The molecule has 2 amide bonds. The first-order valence-electron chi connectivity index (χ1n) is 8.32. The largest absolute Gasteiger partial charge is 0.507 e. The van der Waals surface area contributed by atoms with E-state index in [4.69, 9.17) is 0 Å². The van der Waals surface area contributed by atoms with Gasteiger partial charge in [0.15, 0.2) is 0 Å². The summed E-state index contributed by atoms with van der Waals surface area (Å²) in [5.41, 5.74) is 1.93. The fraction of sp³-hybridized carbons (Fsp3) is 0.200. The molecule has 26 heavy (non-hydrogen) atoms. The number of aromatic hydroxyl groups is 1. The molecule has 0 radical (unpaired) electrons. The van der Waals surface area contributed by atoms with E-state index in [0.29, 0.717) is 30.8 Å². The van der Waals surface area contributed by atoms with Crippen molar-refractivity contribution >= 4 is 11.8 Å². The number of nitrogens with zero attached hydrogens (tertiary/aromatic N) is 2. The second kappa shape index (κ2) is 5.98. The molecule has 2 aliphatic rings. The molecule has 6 heteroatoms. The van der Waals surface area contributed by atoms with Crippen LogP contribution in [0.3, 0.4) is 0 Å². The van der Waals surface area contributed by atoms with Gasteiger partial charge in [0.05, 0.1) is 11.6 Å². The second-order valence-electron chi connectivity index (χ2n) is 6.54. The van der Waals surface area contributed by atoms with Crippen LogP contribution in [0, 0.1) is 5.82 Å². The molecule has 0 saturated carbocycles. The van der Waals surface area contributed by atoms with Gasteiger partial charge >= 0.3 is 0 Å². The maximum absolute atomic E-state index is 14.1. The average molecular weight is 352 g/mol. The summed E-state index contributed by atoms with van der Waals surface area (Å²) in [5, 5.41) is 9.97. The molecule has 1 saturated heterocycles. The van der Waals surface area contributed by atoms with Gasteiger partial charge in [-0.05, 0) is 35.4 Å². The zero-order valence-corrected chi connectivity index (χ0v) is 14.0. The Morgan fingerprint density at radius 1 is 1.27 bits per heavy atom. The quantitative estimate of drug-likeness (QED) is 0.864. The van der Waals surface area contributed by atoms with Crippen molar-refractivity contribution < 1.29 is 19.1 Å². The van der Waals surface area contributed by atoms with Crippen molar-refractivity contribution in [3.05, 3.63) is 66.0 Å². The van der Waals surface area contributed by atoms with Crippen LogP contribution in [0.1, 0.15) is 15.9 Å². The molecule has 0 aromatic heterocycles. The summed E-state index contributed by atoms with van der Waals surface area (Å²) in [7, 11) is 0. The van der Waals surface area contributed by atoms with Gasteiger partial charge in [-0.1, -0.05) is 24.8 Å². The number of halogens is 1. The van der Waals surface area contributed by atoms with Gasteiger partial charge in [0.2, 0.25) is 5.91 Å². The van der Waals surface area contributed by atoms with Crippen LogP contribution >= 0.6 is 0 Å². The third-order valence-corrected chi connectivity index (χ3v) is 5.01. The molecule has 2 aromatic rings. The van der Waals surface area contributed by atoms with E-state index in [1.807, 2.05) is 0 Å². The molecule has 2 aliphatic heterocycles. The van der Waals surface area contributed by atoms with Crippen molar-refractivity contribution in [3.8, 4) is 16.9 Å². The summed E-state index contributed by atoms with van der Waals surface area (Å²) < 4.78 is 14.1. The number of carbonyl (C=O) groups is 2. The predicted molar refractivity (Wildman–Crippen MR) is 93.9 cm³/mol. The van der Waals surface area contributed by atoms with Crippen LogP contribution in [0.25, 0.3) is 11.1 Å². The summed E-state index contributed by atoms with van der Waals surface area (Å²) in [6, 6.07) is 9.23. The molecule has 4 rings (SSSR count). The van der Waals surface area contributed by atoms with E-state index in [-0.39, 0.29) is 29.2 Å². The van der Waals surface area contributed by atoms with E-state index in [0.717, 1.165) is 5.56 Å². The first-order valence-corrected chi connectivity index (χ1v) is 8.32. The Kier molecular flexibility index (Phi) is 3.76. The number of rotatable bonds is 3. The molecule has 0 bridgehead atoms. The van der Waals surface area contributed by atoms with Crippen molar-refractivity contribution in [1.82, 2.24) is 9.80 Å². The van der Waals surface area contributed by atoms with Crippen LogP contribution < -0.4 is 0 Å². The van der Waals surface area contributed by atoms with Crippen LogP contribution in [0.5, 0.6) is 5.75 Å². The SMILES string of the molecule is C=CC(=O)N1CC(N2Cc3ccc(-c4c(O)cccc4F)cc3C2=O)C1. The molecule has 0 unspecified atom stereocenters. The lowest BCUT2D eigenvalue weighted by Crippen LogP contribution is -2.60. The maximum Gasteiger partial charge on any atom is 0.254 e. The van der Waals surface area contributed by atoms with Crippen LogP contribution in [0.2, 0.25) is 0 Å². The third kappa shape index (κ3) is 2.45. The molecule has 0 atom stereocenters. The highest BCUT2D eigenvalue weighted by atomic mass is 19.1. The Morgan fingerprint density at radius 2 is 2.04 bits per heavy atom. The van der Waals surface area contributed by atoms with E-state index in [9.17, 15) is 19.1 Å². The number of carbonyl (C=O) groups excluding carboxylic acids is 2. The number of fused-ring (bicyclic) bond motifs is 1. The van der Waals surface area contributed by atoms with Gasteiger partial charge in [0.25, 0.3) is 5.91 Å². The van der Waals surface area contributed by atoms with Crippen molar-refractivity contribution in [3.63, 3.8) is 0 Å². The second-order valence-corrected chi connectivity index (χ2v) is 6.54. The molecule has 1 fully saturated rings. The lowest BCUT2D eigenvalue weighted by Gasteiger charge is -2.43. The van der Waals surface area contributed by atoms with Crippen LogP contribution in [-0.2, 0) is 11.3 Å². The van der Waals surface area contributed by atoms with Gasteiger partial charge < -0.3 is 14.9 Å². The molecular weight excluding hydrogens is 335 g/mol. The van der Waals surface area contributed by atoms with E-state index in [1.165, 1.54) is 24.3 Å². The van der Waals surface area contributed by atoms with E-state index in [2.05, 4.69) is 6.58 Å². The standard InChI is InChI=1S/C20H17FN2O3/c1-2-18(25)22-10-14(11-22)23-9-13-7-6-12(8-15(13)20(23)26)19-16(21)4-3-5-17(19)24/h2-8,14,24H,1,9-11H2. The summed E-state index contributed by atoms with van der Waals surface area (Å²) in [5.74, 6) is -0.967. The molecule has 2 aromatic carbocycles. The highest BCUT2D eigenvalue weighted by molar-refractivity contribution is 6.00. The molecule has 0 aliphatic carbocycles. The van der Waals surface area contributed by atoms with Crippen molar-refractivity contribution in [2.75, 3.05) is 13.1 Å². The minimum Gasteiger partial charge on any atom is -0.507 e. The van der Waals surface area contributed by atoms with Crippen molar-refractivity contribution in [2.45, 2.75) is 12.6 Å². The number of likely N-dealkylation sites (tertiary alicyclic amines) is 1. The van der Waals surface area contributed by atoms with Crippen LogP contribution in [0.15, 0.2) is 49.1 Å². The van der Waals surface area contributed by atoms with E-state index < -0.39 is 5.82 Å². The summed E-state index contributed by atoms with van der Waals surface area (Å²) in [4.78, 5) is 27.7. The number of amides is 2. The highest BCUT2D eigenvalue weighted by Gasteiger charge is 2.40. The fourth-order valence-corrected chi connectivity index (χ4v) is 3.53. The van der Waals surface area contributed by atoms with Gasteiger partial charge in [-0.3, -0.25) is 9.59 Å². The Morgan fingerprint density at radius 3 is 2.73 bits per heavy atom. The number of hydrogen-bond donors (Lipinski definition) is 1. The highest BCUT2D eigenvalue weighted by Crippen LogP contribution is 2.35. The normalized spacial score (nSPS) is 16.4. The van der Waals surface area contributed by atoms with E-state index in [1.54, 1.807) is 28.0 Å². The van der Waals surface area contributed by atoms with Gasteiger partial charge in [-0.25, -0.2) is 4.39 Å². The topological polar surface area (TPSA) is 60.9 Å². The first-order chi connectivity index (χ1) is 12.5. The minimum absolute atomic E-state index is 0.0240. The molecule has 0 spiro atoms. The van der Waals surface area contributed by atoms with Crippen molar-refractivity contribution in [1.29, 1.82) is 0 Å². The summed E-state index contributed by atoms with van der Waals surface area (Å²) in [6.07, 6.45) is 1.27. The number of benzene rings is 2. The lowest BCUT2D eigenvalue weighted by molar-refractivity contribution is -0.132. The fourth-order valence-electron chi connectivity index (χ4n) is 3.53. The molecule has 5 nitrogen and oxygen atoms in total. The zero-order chi connectivity index (χ0) is 18.4. The summed E-state index contributed by atoms with van der Waals surface area (Å²) >= 11 is 0. The average Bonchev–Trinajstić information content (AvgIpc) is 2.90. The van der Waals surface area contributed by atoms with E-state index >= 15 is 0 Å². The lowest BCUT2D eigenvalue weighted by atomic mass is 9.99. The Balaban J connectivity index is 1.59. The Bertz CT molecular complexity index is 914. The summed E-state index contributed by atoms with van der Waals surface area (Å²) in [6.45, 7) is 4.92. The van der Waals surface area contributed by atoms with Gasteiger partial charge in [-0.2, -0.15) is 0 Å². The van der Waals surface area contributed by atoms with Gasteiger partial charge in [0.1, 0.15) is 11.6 Å². The third-order valence-electron chi connectivity index (χ3n) is 5.01. The smallest absolute Gasteiger partial charge is 0.254 e. The first kappa shape index (κ1) is 16.3. The number of phenolic OH excluding ortho intramolecular Hbond substituents is 1. The minimum atomic E-state index is -0.537. The van der Waals surface area contributed by atoms with Gasteiger partial charge in [-0.15, -0.1) is 0 Å². The maximum atomic E-state index is 14.1. The van der Waals surface area contributed by atoms with Crippen molar-refractivity contribution in [2.24, 2.45) is 0 Å². The predicted octanol–water partition coefficient (Wildman–Crippen LogP) is 2.55. The molecular formula is C20H17FN2O3. The molecule has 2 heterocycles. The number of hydrogen-bond acceptors (Lipinski definition) is 3. The van der Waals surface area contributed by atoms with Crippen LogP contribution in [-0.4, -0.2) is 45.9 Å². The molecule has 132 valence electrons. The number of phenols is 1. The zero-order valence-electron chi connectivity index (χ0n) is 14.0.